The van der Waals surface area contributed by atoms with E-state index in [1.807, 2.05) is 0 Å². The fourth-order valence-electron chi connectivity index (χ4n) is 1.70. The zero-order valence-corrected chi connectivity index (χ0v) is 11.5. The van der Waals surface area contributed by atoms with Crippen LogP contribution in [0.5, 0.6) is 0 Å². The van der Waals surface area contributed by atoms with Gasteiger partial charge in [0.25, 0.3) is 5.69 Å². The minimum absolute atomic E-state index is 0.0571. The quantitative estimate of drug-likeness (QED) is 0.483. The summed E-state index contributed by atoms with van der Waals surface area (Å²) in [4.78, 5) is 22.3. The molecule has 0 radical (unpaired) electrons. The zero-order valence-electron chi connectivity index (χ0n) is 9.88. The number of carbonyl (C=O) groups excluding carboxylic acids is 1. The molecule has 0 spiro atoms. The van der Waals surface area contributed by atoms with Crippen molar-refractivity contribution < 1.29 is 14.5 Å². The van der Waals surface area contributed by atoms with Gasteiger partial charge < -0.3 is 4.74 Å². The molecule has 1 aromatic rings. The second kappa shape index (κ2) is 5.81. The highest BCUT2D eigenvalue weighted by Gasteiger charge is 2.25. The Morgan fingerprint density at radius 3 is 2.78 bits per heavy atom. The first-order valence-corrected chi connectivity index (χ1v) is 7.31. The molecule has 0 bridgehead atoms. The van der Waals surface area contributed by atoms with Crippen molar-refractivity contribution in [2.75, 3.05) is 13.2 Å². The molecule has 0 saturated carbocycles. The maximum Gasteiger partial charge on any atom is 0.294 e. The molecular weight excluding hydrogens is 274 g/mol. The Morgan fingerprint density at radius 2 is 2.22 bits per heavy atom. The van der Waals surface area contributed by atoms with Crippen molar-refractivity contribution >= 4 is 34.6 Å². The molecule has 1 saturated heterocycles. The van der Waals surface area contributed by atoms with Crippen LogP contribution in [0.25, 0.3) is 0 Å². The van der Waals surface area contributed by atoms with Gasteiger partial charge in [0.2, 0.25) is 0 Å². The van der Waals surface area contributed by atoms with Crippen LogP contribution in [-0.4, -0.2) is 29.2 Å². The Labute approximate surface area is 113 Å². The number of nitro groups is 1. The predicted octanol–water partition coefficient (Wildman–Crippen LogP) is 3.13. The van der Waals surface area contributed by atoms with Gasteiger partial charge in [-0.25, -0.2) is 0 Å². The van der Waals surface area contributed by atoms with Gasteiger partial charge in [-0.15, -0.1) is 23.1 Å². The molecule has 98 valence electrons. The molecule has 1 aliphatic rings. The summed E-state index contributed by atoms with van der Waals surface area (Å²) in [6.45, 7) is 2.84. The van der Waals surface area contributed by atoms with Gasteiger partial charge in [0.1, 0.15) is 4.21 Å². The number of thioether (sulfide) groups is 1. The molecule has 5 nitrogen and oxygen atoms in total. The van der Waals surface area contributed by atoms with Gasteiger partial charge in [-0.1, -0.05) is 0 Å². The van der Waals surface area contributed by atoms with E-state index in [4.69, 9.17) is 4.74 Å². The van der Waals surface area contributed by atoms with E-state index in [9.17, 15) is 14.9 Å². The highest BCUT2D eigenvalue weighted by atomic mass is 32.2. The Morgan fingerprint density at radius 1 is 1.56 bits per heavy atom. The number of thiophene rings is 1. The van der Waals surface area contributed by atoms with Gasteiger partial charge in [0.15, 0.2) is 5.78 Å². The number of nitrogens with zero attached hydrogens (tertiary/aromatic N) is 1. The van der Waals surface area contributed by atoms with Crippen molar-refractivity contribution in [3.05, 3.63) is 21.1 Å². The van der Waals surface area contributed by atoms with Crippen molar-refractivity contribution in [2.45, 2.75) is 29.2 Å². The molecule has 2 heterocycles. The van der Waals surface area contributed by atoms with Crippen LogP contribution in [0.3, 0.4) is 0 Å². The normalized spacial score (nSPS) is 16.7. The molecule has 0 amide bonds. The first-order chi connectivity index (χ1) is 8.58. The Kier molecular flexibility index (Phi) is 4.36. The van der Waals surface area contributed by atoms with Gasteiger partial charge in [0, 0.05) is 24.5 Å². The minimum Gasteiger partial charge on any atom is -0.381 e. The van der Waals surface area contributed by atoms with E-state index in [0.717, 1.165) is 12.8 Å². The van der Waals surface area contributed by atoms with Gasteiger partial charge >= 0.3 is 0 Å². The van der Waals surface area contributed by atoms with Crippen molar-refractivity contribution in [2.24, 2.45) is 0 Å². The molecule has 1 aromatic heterocycles. The van der Waals surface area contributed by atoms with Crippen LogP contribution < -0.4 is 0 Å². The highest BCUT2D eigenvalue weighted by Crippen LogP contribution is 2.41. The first kappa shape index (κ1) is 13.5. The predicted molar refractivity (Wildman–Crippen MR) is 70.7 cm³/mol. The molecule has 0 aromatic carbocycles. The summed E-state index contributed by atoms with van der Waals surface area (Å²) in [7, 11) is 0. The van der Waals surface area contributed by atoms with Crippen LogP contribution in [0.15, 0.2) is 10.3 Å². The third-order valence-corrected chi connectivity index (χ3v) is 5.45. The van der Waals surface area contributed by atoms with E-state index in [-0.39, 0.29) is 11.5 Å². The van der Waals surface area contributed by atoms with Crippen molar-refractivity contribution in [1.82, 2.24) is 0 Å². The molecule has 1 fully saturated rings. The SMILES string of the molecule is CC(=O)c1cc([N+](=O)[O-])c(SC2CCOCC2)s1. The largest absolute Gasteiger partial charge is 0.381 e. The molecule has 0 unspecified atom stereocenters. The zero-order chi connectivity index (χ0) is 13.1. The number of Topliss-reactive ketones (excluding diaryl/α,β-unsaturated/α-hetero) is 1. The highest BCUT2D eigenvalue weighted by molar-refractivity contribution is 8.01. The van der Waals surface area contributed by atoms with E-state index in [1.54, 1.807) is 0 Å². The number of rotatable bonds is 4. The fraction of sp³-hybridized carbons (Fsp3) is 0.545. The lowest BCUT2D eigenvalue weighted by Gasteiger charge is -2.20. The van der Waals surface area contributed by atoms with Gasteiger partial charge in [0.05, 0.1) is 9.80 Å². The van der Waals surface area contributed by atoms with Crippen LogP contribution in [0.4, 0.5) is 5.69 Å². The third-order valence-electron chi connectivity index (χ3n) is 2.67. The average Bonchev–Trinajstić information content (AvgIpc) is 2.74. The number of hydrogen-bond donors (Lipinski definition) is 0. The number of carbonyl (C=O) groups is 1. The van der Waals surface area contributed by atoms with Crippen LogP contribution in [0.2, 0.25) is 0 Å². The van der Waals surface area contributed by atoms with E-state index in [1.165, 1.54) is 36.1 Å². The maximum atomic E-state index is 11.3. The first-order valence-electron chi connectivity index (χ1n) is 5.61. The topological polar surface area (TPSA) is 69.4 Å². The monoisotopic (exact) mass is 287 g/mol. The fourth-order valence-corrected chi connectivity index (χ4v) is 4.30. The van der Waals surface area contributed by atoms with Crippen molar-refractivity contribution in [3.63, 3.8) is 0 Å². The van der Waals surface area contributed by atoms with Crippen LogP contribution in [-0.2, 0) is 4.74 Å². The van der Waals surface area contributed by atoms with Gasteiger partial charge in [-0.05, 0) is 19.8 Å². The van der Waals surface area contributed by atoms with Crippen LogP contribution >= 0.6 is 23.1 Å². The summed E-state index contributed by atoms with van der Waals surface area (Å²) < 4.78 is 5.90. The summed E-state index contributed by atoms with van der Waals surface area (Å²) in [5.74, 6) is -0.123. The Bertz CT molecular complexity index is 466. The van der Waals surface area contributed by atoms with E-state index in [0.29, 0.717) is 27.6 Å². The lowest BCUT2D eigenvalue weighted by molar-refractivity contribution is -0.387. The molecule has 0 aliphatic carbocycles. The molecular formula is C11H13NO4S2. The summed E-state index contributed by atoms with van der Waals surface area (Å²) in [5, 5.41) is 11.3. The van der Waals surface area contributed by atoms with Crippen LogP contribution in [0.1, 0.15) is 29.4 Å². The molecule has 7 heteroatoms. The van der Waals surface area contributed by atoms with Gasteiger partial charge in [-0.2, -0.15) is 0 Å². The molecule has 2 rings (SSSR count). The van der Waals surface area contributed by atoms with Crippen molar-refractivity contribution in [1.29, 1.82) is 0 Å². The number of ketones is 1. The second-order valence-electron chi connectivity index (χ2n) is 4.03. The summed E-state index contributed by atoms with van der Waals surface area (Å²) in [6.07, 6.45) is 1.80. The summed E-state index contributed by atoms with van der Waals surface area (Å²) in [6, 6.07) is 1.38. The van der Waals surface area contributed by atoms with E-state index in [2.05, 4.69) is 0 Å². The molecule has 18 heavy (non-hydrogen) atoms. The standard InChI is InChI=1S/C11H13NO4S2/c1-7(13)10-6-9(12(14)15)11(18-10)17-8-2-4-16-5-3-8/h6,8H,2-5H2,1H3. The van der Waals surface area contributed by atoms with E-state index < -0.39 is 4.92 Å². The Balaban J connectivity index is 2.19. The molecule has 0 atom stereocenters. The number of hydrogen-bond acceptors (Lipinski definition) is 6. The lowest BCUT2D eigenvalue weighted by atomic mass is 10.2. The van der Waals surface area contributed by atoms with E-state index >= 15 is 0 Å². The van der Waals surface area contributed by atoms with Crippen molar-refractivity contribution in [3.8, 4) is 0 Å². The lowest BCUT2D eigenvalue weighted by Crippen LogP contribution is -2.17. The van der Waals surface area contributed by atoms with Crippen LogP contribution in [0, 0.1) is 10.1 Å². The Hall–Kier alpha value is -0.920. The third kappa shape index (κ3) is 3.09. The van der Waals surface area contributed by atoms with Gasteiger partial charge in [-0.3, -0.25) is 14.9 Å². The summed E-state index contributed by atoms with van der Waals surface area (Å²) in [5.41, 5.74) is 0.0571. The second-order valence-corrected chi connectivity index (χ2v) is 6.65. The number of ether oxygens (including phenoxy) is 1. The summed E-state index contributed by atoms with van der Waals surface area (Å²) >= 11 is 2.72. The molecule has 0 N–H and O–H groups in total. The average molecular weight is 287 g/mol. The maximum absolute atomic E-state index is 11.3. The molecule has 1 aliphatic heterocycles. The minimum atomic E-state index is -0.412. The smallest absolute Gasteiger partial charge is 0.294 e.